The van der Waals surface area contributed by atoms with Crippen LogP contribution in [0.15, 0.2) is 212 Å². The van der Waals surface area contributed by atoms with E-state index in [1.165, 1.54) is 0 Å². The van der Waals surface area contributed by atoms with E-state index in [4.69, 9.17) is 31.4 Å². The van der Waals surface area contributed by atoms with Gasteiger partial charge in [0.1, 0.15) is 0 Å². The third-order valence-corrected chi connectivity index (χ3v) is 11.3. The van der Waals surface area contributed by atoms with Crippen LogP contribution in [0.4, 0.5) is 17.1 Å². The average Bonchev–Trinajstić information content (AvgIpc) is 3.36. The second-order valence-electron chi connectivity index (χ2n) is 15.6. The molecule has 0 spiro atoms. The zero-order valence-electron chi connectivity index (χ0n) is 35.2. The Labute approximate surface area is 372 Å². The van der Waals surface area contributed by atoms with Crippen LogP contribution in [-0.4, -0.2) is 27.0 Å². The molecule has 0 fully saturated rings. The molecule has 7 heteroatoms. The molecule has 2 aromatic heterocycles. The van der Waals surface area contributed by atoms with Crippen molar-refractivity contribution in [2.24, 2.45) is 0 Å². The van der Waals surface area contributed by atoms with Crippen molar-refractivity contribution in [1.29, 1.82) is 0 Å². The van der Waals surface area contributed by atoms with Gasteiger partial charge < -0.3 is 16.8 Å². The maximum Gasteiger partial charge on any atom is 0.0974 e. The van der Waals surface area contributed by atoms with Crippen LogP contribution in [-0.2, 0) is 0 Å². The summed E-state index contributed by atoms with van der Waals surface area (Å²) in [4.78, 5) is 21.9. The summed E-state index contributed by atoms with van der Waals surface area (Å²) >= 11 is 0. The lowest BCUT2D eigenvalue weighted by molar-refractivity contribution is 1.21. The first-order chi connectivity index (χ1) is 31.5. The Morgan fingerprint density at radius 3 is 0.875 bits per heavy atom. The van der Waals surface area contributed by atoms with Crippen molar-refractivity contribution in [3.8, 4) is 101 Å². The van der Waals surface area contributed by atoms with Crippen LogP contribution in [0.1, 0.15) is 0 Å². The summed E-state index contributed by atoms with van der Waals surface area (Å²) in [6, 6.07) is 71.7. The van der Waals surface area contributed by atoms with Gasteiger partial charge in [-0.05, 0) is 59.7 Å². The summed E-state index contributed by atoms with van der Waals surface area (Å²) < 4.78 is 0. The molecule has 7 nitrogen and oxygen atoms in total. The van der Waals surface area contributed by atoms with Crippen LogP contribution in [0.25, 0.3) is 101 Å². The SMILES string of the molecule is CNc1cccc(-c2nc(-c3cccc(-c4cccc(-c5nc(-c6cccc(N)c6)c(-c6ccccc6)nc5-c5ccccc5)c4)c3)c(-c3ccccc3)nc2-c2cccc(N)c2)c1. The van der Waals surface area contributed by atoms with Crippen LogP contribution in [0.2, 0.25) is 0 Å². The van der Waals surface area contributed by atoms with Gasteiger partial charge in [-0.15, -0.1) is 0 Å². The van der Waals surface area contributed by atoms with Gasteiger partial charge >= 0.3 is 0 Å². The zero-order chi connectivity index (χ0) is 43.4. The van der Waals surface area contributed by atoms with Gasteiger partial charge in [-0.25, -0.2) is 19.9 Å². The van der Waals surface area contributed by atoms with E-state index in [-0.39, 0.29) is 0 Å². The first-order valence-electron chi connectivity index (χ1n) is 21.2. The number of hydrogen-bond donors (Lipinski definition) is 3. The molecule has 306 valence electrons. The van der Waals surface area contributed by atoms with E-state index >= 15 is 0 Å². The predicted molar refractivity (Wildman–Crippen MR) is 265 cm³/mol. The summed E-state index contributed by atoms with van der Waals surface area (Å²) in [5.41, 5.74) is 30.7. The van der Waals surface area contributed by atoms with E-state index in [2.05, 4.69) is 102 Å². The molecule has 0 amide bonds. The number of nitrogen functional groups attached to an aromatic ring is 2. The van der Waals surface area contributed by atoms with Crippen LogP contribution in [0.5, 0.6) is 0 Å². The minimum absolute atomic E-state index is 0.657. The molecule has 0 unspecified atom stereocenters. The number of nitrogens with zero attached hydrogens (tertiary/aromatic N) is 4. The Morgan fingerprint density at radius 1 is 0.266 bits per heavy atom. The lowest BCUT2D eigenvalue weighted by atomic mass is 9.95. The molecule has 10 rings (SSSR count). The lowest BCUT2D eigenvalue weighted by Crippen LogP contribution is -2.02. The molecule has 0 atom stereocenters. The van der Waals surface area contributed by atoms with Crippen LogP contribution in [0, 0.1) is 0 Å². The third-order valence-electron chi connectivity index (χ3n) is 11.3. The van der Waals surface area contributed by atoms with Gasteiger partial charge in [0.15, 0.2) is 0 Å². The van der Waals surface area contributed by atoms with Gasteiger partial charge in [-0.3, -0.25) is 0 Å². The summed E-state index contributed by atoms with van der Waals surface area (Å²) in [5, 5.41) is 3.29. The molecule has 0 aliphatic rings. The van der Waals surface area contributed by atoms with Gasteiger partial charge in [0.25, 0.3) is 0 Å². The second kappa shape index (κ2) is 17.4. The third kappa shape index (κ3) is 7.97. The largest absolute Gasteiger partial charge is 0.399 e. The Balaban J connectivity index is 1.15. The number of nitrogens with one attached hydrogen (secondary N) is 1. The number of rotatable bonds is 10. The van der Waals surface area contributed by atoms with E-state index in [1.807, 2.05) is 122 Å². The molecule has 0 saturated heterocycles. The molecular formula is C57H43N7. The van der Waals surface area contributed by atoms with Gasteiger partial charge in [-0.1, -0.05) is 164 Å². The quantitative estimate of drug-likeness (QED) is 0.118. The van der Waals surface area contributed by atoms with Crippen LogP contribution >= 0.6 is 0 Å². The van der Waals surface area contributed by atoms with E-state index in [0.29, 0.717) is 11.4 Å². The Bertz CT molecular complexity index is 3280. The highest BCUT2D eigenvalue weighted by atomic mass is 14.9. The lowest BCUT2D eigenvalue weighted by Gasteiger charge is -2.18. The van der Waals surface area contributed by atoms with Crippen molar-refractivity contribution in [1.82, 2.24) is 19.9 Å². The molecule has 10 aromatic rings. The van der Waals surface area contributed by atoms with E-state index in [1.54, 1.807) is 0 Å². The molecule has 2 heterocycles. The molecule has 0 aliphatic carbocycles. The van der Waals surface area contributed by atoms with Gasteiger partial charge in [0, 0.05) is 68.6 Å². The highest BCUT2D eigenvalue weighted by molar-refractivity contribution is 5.90. The second-order valence-corrected chi connectivity index (χ2v) is 15.6. The Kier molecular flexibility index (Phi) is 10.7. The number of benzene rings is 8. The maximum atomic E-state index is 6.36. The standard InChI is InChI=1S/C57H43N7/c1-60-49-31-15-28-46(36-49)57-56(45-27-14-30-48(59)35-45)62-51(38-18-7-3-8-19-38)54(64-57)43-25-12-23-41(33-43)40-22-11-24-42(32-40)53-50(37-16-5-2-6-17-37)61-52(39-20-9-4-10-21-39)55(63-53)44-26-13-29-47(58)34-44/h2-36,60H,58-59H2,1H3. The van der Waals surface area contributed by atoms with Crippen LogP contribution in [0.3, 0.4) is 0 Å². The Hall–Kier alpha value is -8.68. The number of nitrogens with two attached hydrogens (primary N) is 2. The summed E-state index contributed by atoms with van der Waals surface area (Å²) in [6.07, 6.45) is 0. The average molecular weight is 826 g/mol. The van der Waals surface area contributed by atoms with Crippen molar-refractivity contribution >= 4 is 17.1 Å². The van der Waals surface area contributed by atoms with E-state index < -0.39 is 0 Å². The van der Waals surface area contributed by atoms with E-state index in [0.717, 1.165) is 107 Å². The first-order valence-corrected chi connectivity index (χ1v) is 21.2. The highest BCUT2D eigenvalue weighted by Gasteiger charge is 2.22. The topological polar surface area (TPSA) is 116 Å². The summed E-state index contributed by atoms with van der Waals surface area (Å²) in [6.45, 7) is 0. The van der Waals surface area contributed by atoms with Crippen molar-refractivity contribution in [3.05, 3.63) is 212 Å². The van der Waals surface area contributed by atoms with Crippen molar-refractivity contribution in [2.45, 2.75) is 0 Å². The molecule has 0 aliphatic heterocycles. The molecular weight excluding hydrogens is 783 g/mol. The summed E-state index contributed by atoms with van der Waals surface area (Å²) in [7, 11) is 1.92. The predicted octanol–water partition coefficient (Wildman–Crippen LogP) is 13.5. The fourth-order valence-corrected chi connectivity index (χ4v) is 8.16. The number of aromatic nitrogens is 4. The molecule has 0 bridgehead atoms. The minimum atomic E-state index is 0.657. The maximum absolute atomic E-state index is 6.36. The molecule has 0 radical (unpaired) electrons. The first kappa shape index (κ1) is 39.5. The fourth-order valence-electron chi connectivity index (χ4n) is 8.16. The monoisotopic (exact) mass is 825 g/mol. The molecule has 8 aromatic carbocycles. The number of hydrogen-bond acceptors (Lipinski definition) is 7. The van der Waals surface area contributed by atoms with Crippen molar-refractivity contribution in [3.63, 3.8) is 0 Å². The van der Waals surface area contributed by atoms with Crippen LogP contribution < -0.4 is 16.8 Å². The fraction of sp³-hybridized carbons (Fsp3) is 0.0175. The molecule has 64 heavy (non-hydrogen) atoms. The normalized spacial score (nSPS) is 11.0. The highest BCUT2D eigenvalue weighted by Crippen LogP contribution is 2.41. The Morgan fingerprint density at radius 2 is 0.531 bits per heavy atom. The summed E-state index contributed by atoms with van der Waals surface area (Å²) in [5.74, 6) is 0. The van der Waals surface area contributed by atoms with Gasteiger partial charge in [0.05, 0.1) is 45.6 Å². The minimum Gasteiger partial charge on any atom is -0.399 e. The van der Waals surface area contributed by atoms with E-state index in [9.17, 15) is 0 Å². The van der Waals surface area contributed by atoms with Gasteiger partial charge in [-0.2, -0.15) is 0 Å². The zero-order valence-corrected chi connectivity index (χ0v) is 35.2. The van der Waals surface area contributed by atoms with Gasteiger partial charge in [0.2, 0.25) is 0 Å². The van der Waals surface area contributed by atoms with Crippen molar-refractivity contribution in [2.75, 3.05) is 23.8 Å². The molecule has 5 N–H and O–H groups in total. The van der Waals surface area contributed by atoms with Crippen molar-refractivity contribution < 1.29 is 0 Å². The number of anilines is 3. The molecule has 0 saturated carbocycles. The smallest absolute Gasteiger partial charge is 0.0974 e.